The zero-order valence-electron chi connectivity index (χ0n) is 13.9. The molecule has 3 aromatic heterocycles. The standard InChI is InChI=1S/C16H17N7O3/c24-23(25)14-10-19-15(12-8-20-22-4-3-17-9-13(12)22)21-16(14)18-7-11-1-5-26-6-2-11/h3-4,8-11H,1-2,5-7H2,(H,18,19,21). The van der Waals surface area contributed by atoms with Gasteiger partial charge in [0.05, 0.1) is 28.4 Å². The summed E-state index contributed by atoms with van der Waals surface area (Å²) in [5, 5.41) is 18.7. The zero-order valence-corrected chi connectivity index (χ0v) is 13.9. The number of ether oxygens (including phenoxy) is 1. The largest absolute Gasteiger partial charge is 0.381 e. The van der Waals surface area contributed by atoms with Crippen LogP contribution in [-0.2, 0) is 4.74 Å². The number of nitro groups is 1. The van der Waals surface area contributed by atoms with E-state index in [1.165, 1.54) is 6.20 Å². The minimum atomic E-state index is -0.478. The number of aromatic nitrogens is 5. The molecule has 1 fully saturated rings. The molecule has 4 heterocycles. The van der Waals surface area contributed by atoms with Gasteiger partial charge >= 0.3 is 5.69 Å². The fourth-order valence-electron chi connectivity index (χ4n) is 2.97. The quantitative estimate of drug-likeness (QED) is 0.544. The first kappa shape index (κ1) is 16.3. The summed E-state index contributed by atoms with van der Waals surface area (Å²) in [5.41, 5.74) is 1.26. The minimum Gasteiger partial charge on any atom is -0.381 e. The maximum absolute atomic E-state index is 11.3. The van der Waals surface area contributed by atoms with E-state index in [2.05, 4.69) is 25.4 Å². The molecule has 0 aliphatic carbocycles. The van der Waals surface area contributed by atoms with E-state index in [9.17, 15) is 10.1 Å². The summed E-state index contributed by atoms with van der Waals surface area (Å²) < 4.78 is 7.00. The van der Waals surface area contributed by atoms with Crippen LogP contribution in [0, 0.1) is 16.0 Å². The fraction of sp³-hybridized carbons (Fsp3) is 0.375. The number of nitrogens with one attached hydrogen (secondary N) is 1. The summed E-state index contributed by atoms with van der Waals surface area (Å²) in [6.45, 7) is 2.05. The van der Waals surface area contributed by atoms with E-state index in [0.29, 0.717) is 23.9 Å². The van der Waals surface area contributed by atoms with Crippen LogP contribution in [0.5, 0.6) is 0 Å². The SMILES string of the molecule is O=[N+]([O-])c1cnc(-c2cnn3ccncc23)nc1NCC1CCOCC1. The smallest absolute Gasteiger partial charge is 0.329 e. The van der Waals surface area contributed by atoms with Crippen LogP contribution in [0.1, 0.15) is 12.8 Å². The van der Waals surface area contributed by atoms with E-state index in [0.717, 1.165) is 31.6 Å². The van der Waals surface area contributed by atoms with Crippen LogP contribution in [0.15, 0.2) is 31.0 Å². The van der Waals surface area contributed by atoms with Crippen LogP contribution in [0.2, 0.25) is 0 Å². The first-order chi connectivity index (χ1) is 12.7. The van der Waals surface area contributed by atoms with E-state index in [-0.39, 0.29) is 11.5 Å². The van der Waals surface area contributed by atoms with Crippen molar-refractivity contribution >= 4 is 17.0 Å². The van der Waals surface area contributed by atoms with Gasteiger partial charge in [0, 0.05) is 32.2 Å². The van der Waals surface area contributed by atoms with Gasteiger partial charge < -0.3 is 10.1 Å². The van der Waals surface area contributed by atoms with Crippen molar-refractivity contribution in [1.29, 1.82) is 0 Å². The molecule has 0 atom stereocenters. The van der Waals surface area contributed by atoms with Gasteiger partial charge in [-0.1, -0.05) is 0 Å². The van der Waals surface area contributed by atoms with Crippen LogP contribution in [-0.4, -0.2) is 49.2 Å². The molecule has 10 nitrogen and oxygen atoms in total. The first-order valence-electron chi connectivity index (χ1n) is 8.33. The summed E-state index contributed by atoms with van der Waals surface area (Å²) >= 11 is 0. The van der Waals surface area contributed by atoms with Gasteiger partial charge in [-0.15, -0.1) is 0 Å². The lowest BCUT2D eigenvalue weighted by molar-refractivity contribution is -0.384. The van der Waals surface area contributed by atoms with Gasteiger partial charge in [0.25, 0.3) is 0 Å². The van der Waals surface area contributed by atoms with E-state index < -0.39 is 4.92 Å². The number of hydrogen-bond donors (Lipinski definition) is 1. The van der Waals surface area contributed by atoms with Crippen molar-refractivity contribution in [2.24, 2.45) is 5.92 Å². The highest BCUT2D eigenvalue weighted by molar-refractivity contribution is 5.76. The fourth-order valence-corrected chi connectivity index (χ4v) is 2.97. The summed E-state index contributed by atoms with van der Waals surface area (Å²) in [6.07, 6.45) is 9.71. The Morgan fingerprint density at radius 3 is 2.96 bits per heavy atom. The summed E-state index contributed by atoms with van der Waals surface area (Å²) in [6, 6.07) is 0. The third-order valence-corrected chi connectivity index (χ3v) is 4.43. The lowest BCUT2D eigenvalue weighted by atomic mass is 10.0. The van der Waals surface area contributed by atoms with Gasteiger partial charge in [-0.25, -0.2) is 14.5 Å². The second-order valence-electron chi connectivity index (χ2n) is 6.09. The van der Waals surface area contributed by atoms with Crippen molar-refractivity contribution in [1.82, 2.24) is 24.6 Å². The van der Waals surface area contributed by atoms with Gasteiger partial charge in [-0.05, 0) is 18.8 Å². The molecule has 0 spiro atoms. The Morgan fingerprint density at radius 1 is 1.31 bits per heavy atom. The Labute approximate surface area is 148 Å². The molecule has 1 N–H and O–H groups in total. The minimum absolute atomic E-state index is 0.143. The normalized spacial score (nSPS) is 15.2. The molecule has 0 amide bonds. The summed E-state index contributed by atoms with van der Waals surface area (Å²) in [5.74, 6) is 0.991. The van der Waals surface area contributed by atoms with Crippen molar-refractivity contribution in [3.63, 3.8) is 0 Å². The van der Waals surface area contributed by atoms with Crippen molar-refractivity contribution in [2.75, 3.05) is 25.1 Å². The molecule has 0 bridgehead atoms. The van der Waals surface area contributed by atoms with Crippen molar-refractivity contribution in [3.8, 4) is 11.4 Å². The second-order valence-corrected chi connectivity index (χ2v) is 6.09. The molecule has 3 aromatic rings. The molecule has 134 valence electrons. The monoisotopic (exact) mass is 355 g/mol. The molecular weight excluding hydrogens is 338 g/mol. The number of rotatable bonds is 5. The Morgan fingerprint density at radius 2 is 2.15 bits per heavy atom. The number of anilines is 1. The molecule has 26 heavy (non-hydrogen) atoms. The highest BCUT2D eigenvalue weighted by Gasteiger charge is 2.21. The molecule has 0 saturated carbocycles. The highest BCUT2D eigenvalue weighted by atomic mass is 16.6. The van der Waals surface area contributed by atoms with Crippen molar-refractivity contribution in [3.05, 3.63) is 41.1 Å². The molecule has 0 aromatic carbocycles. The predicted octanol–water partition coefficient (Wildman–Crippen LogP) is 1.93. The van der Waals surface area contributed by atoms with Gasteiger partial charge in [0.2, 0.25) is 5.82 Å². The number of hydrogen-bond acceptors (Lipinski definition) is 8. The van der Waals surface area contributed by atoms with E-state index >= 15 is 0 Å². The van der Waals surface area contributed by atoms with Crippen molar-refractivity contribution in [2.45, 2.75) is 12.8 Å². The first-order valence-corrected chi connectivity index (χ1v) is 8.33. The third-order valence-electron chi connectivity index (χ3n) is 4.43. The van der Waals surface area contributed by atoms with Gasteiger partial charge in [0.1, 0.15) is 6.20 Å². The molecule has 10 heteroatoms. The maximum Gasteiger partial charge on any atom is 0.329 e. The van der Waals surface area contributed by atoms with Crippen LogP contribution >= 0.6 is 0 Å². The molecule has 0 radical (unpaired) electrons. The Bertz CT molecular complexity index is 936. The van der Waals surface area contributed by atoms with Gasteiger partial charge in [0.15, 0.2) is 5.82 Å². The summed E-state index contributed by atoms with van der Waals surface area (Å²) in [4.78, 5) is 23.5. The van der Waals surface area contributed by atoms with Crippen LogP contribution in [0.4, 0.5) is 11.5 Å². The predicted molar refractivity (Wildman–Crippen MR) is 92.7 cm³/mol. The molecule has 0 unspecified atom stereocenters. The van der Waals surface area contributed by atoms with E-state index in [1.807, 2.05) is 0 Å². The maximum atomic E-state index is 11.3. The highest BCUT2D eigenvalue weighted by Crippen LogP contribution is 2.27. The molecule has 1 saturated heterocycles. The van der Waals surface area contributed by atoms with Crippen LogP contribution in [0.3, 0.4) is 0 Å². The summed E-state index contributed by atoms with van der Waals surface area (Å²) in [7, 11) is 0. The third kappa shape index (κ3) is 3.18. The number of nitrogens with zero attached hydrogens (tertiary/aromatic N) is 6. The molecular formula is C16H17N7O3. The van der Waals surface area contributed by atoms with Crippen LogP contribution in [0.25, 0.3) is 16.9 Å². The number of fused-ring (bicyclic) bond motifs is 1. The zero-order chi connectivity index (χ0) is 17.9. The average molecular weight is 355 g/mol. The van der Waals surface area contributed by atoms with Crippen molar-refractivity contribution < 1.29 is 9.66 Å². The Kier molecular flexibility index (Phi) is 4.40. The molecule has 1 aliphatic heterocycles. The Hall–Kier alpha value is -3.14. The second kappa shape index (κ2) is 7.00. The van der Waals surface area contributed by atoms with E-state index in [4.69, 9.17) is 4.74 Å². The lowest BCUT2D eigenvalue weighted by Crippen LogP contribution is -2.23. The lowest BCUT2D eigenvalue weighted by Gasteiger charge is -2.22. The topological polar surface area (TPSA) is 120 Å². The van der Waals surface area contributed by atoms with Crippen LogP contribution < -0.4 is 5.32 Å². The van der Waals surface area contributed by atoms with E-state index in [1.54, 1.807) is 29.3 Å². The molecule has 1 aliphatic rings. The van der Waals surface area contributed by atoms with Gasteiger partial charge in [-0.3, -0.25) is 15.1 Å². The molecule has 4 rings (SSSR count). The average Bonchev–Trinajstić information content (AvgIpc) is 3.11. The van der Waals surface area contributed by atoms with Gasteiger partial charge in [-0.2, -0.15) is 5.10 Å². The Balaban J connectivity index is 1.65.